The number of rotatable bonds is 17. The molecule has 1 amide bonds. The standard InChI is InChI=1S/C47H71NO7/c1-42(2,3)29-36(40(52)54-28-27-49)46(11,12)45(9,10)31-37(48-26-18-21-38(48)50)47(13,14)44(7,8)30-35(43(4,5)6)41(53)55-34-24-22-33(23-25-34)39(51)32-19-16-15-17-20-32/h15-17,19-20,22-25,35-37,49H,18,21,26-31H2,1-14H3. The first-order chi connectivity index (χ1) is 25.2. The van der Waals surface area contributed by atoms with Gasteiger partial charge in [0, 0.05) is 30.1 Å². The summed E-state index contributed by atoms with van der Waals surface area (Å²) in [5.74, 6) is -1.14. The van der Waals surface area contributed by atoms with Gasteiger partial charge in [-0.1, -0.05) is 127 Å². The Morgan fingerprint density at radius 1 is 0.691 bits per heavy atom. The van der Waals surface area contributed by atoms with Crippen LogP contribution in [-0.4, -0.2) is 59.4 Å². The third kappa shape index (κ3) is 11.1. The van der Waals surface area contributed by atoms with Crippen molar-refractivity contribution in [2.45, 2.75) is 135 Å². The number of aliphatic hydroxyl groups excluding tert-OH is 1. The van der Waals surface area contributed by atoms with Crippen LogP contribution in [0.15, 0.2) is 54.6 Å². The smallest absolute Gasteiger partial charge is 0.314 e. The minimum Gasteiger partial charge on any atom is -0.463 e. The third-order valence-electron chi connectivity index (χ3n) is 13.2. The summed E-state index contributed by atoms with van der Waals surface area (Å²) in [6.45, 7) is 30.5. The second kappa shape index (κ2) is 17.3. The van der Waals surface area contributed by atoms with Gasteiger partial charge in [0.1, 0.15) is 12.4 Å². The van der Waals surface area contributed by atoms with Crippen LogP contribution in [-0.2, 0) is 19.1 Å². The number of amides is 1. The first-order valence-corrected chi connectivity index (χ1v) is 20.1. The van der Waals surface area contributed by atoms with Crippen LogP contribution >= 0.6 is 0 Å². The third-order valence-corrected chi connectivity index (χ3v) is 13.2. The highest BCUT2D eigenvalue weighted by molar-refractivity contribution is 6.09. The van der Waals surface area contributed by atoms with E-state index < -0.39 is 38.9 Å². The van der Waals surface area contributed by atoms with Gasteiger partial charge in [0.15, 0.2) is 5.78 Å². The lowest BCUT2D eigenvalue weighted by atomic mass is 9.52. The Morgan fingerprint density at radius 2 is 1.24 bits per heavy atom. The number of ether oxygens (including phenoxy) is 2. The van der Waals surface area contributed by atoms with Crippen LogP contribution < -0.4 is 4.74 Å². The first kappa shape index (κ1) is 45.9. The van der Waals surface area contributed by atoms with Crippen LogP contribution in [0.25, 0.3) is 0 Å². The Morgan fingerprint density at radius 3 is 1.73 bits per heavy atom. The highest BCUT2D eigenvalue weighted by Crippen LogP contribution is 2.57. The topological polar surface area (TPSA) is 110 Å². The van der Waals surface area contributed by atoms with Gasteiger partial charge >= 0.3 is 11.9 Å². The SMILES string of the molecule is CC(C)(C)CC(C(=O)OCCO)C(C)(C)C(C)(C)CC(N1CCCC1=O)C(C)(C)C(C)(C)CC(C(=O)Oc1ccc(C(=O)c2ccccc2)cc1)C(C)(C)C. The van der Waals surface area contributed by atoms with E-state index in [0.29, 0.717) is 49.1 Å². The number of likely N-dealkylation sites (tertiary alicyclic amines) is 1. The van der Waals surface area contributed by atoms with Gasteiger partial charge in [-0.25, -0.2) is 0 Å². The summed E-state index contributed by atoms with van der Waals surface area (Å²) in [4.78, 5) is 56.5. The molecule has 0 saturated carbocycles. The van der Waals surface area contributed by atoms with E-state index in [1.54, 1.807) is 36.4 Å². The number of nitrogens with zero attached hydrogens (tertiary/aromatic N) is 1. The van der Waals surface area contributed by atoms with Crippen molar-refractivity contribution in [3.05, 3.63) is 65.7 Å². The Bertz CT molecular complexity index is 1620. The molecule has 1 fully saturated rings. The van der Waals surface area contributed by atoms with E-state index in [-0.39, 0.29) is 48.3 Å². The Hall–Kier alpha value is -3.52. The molecule has 2 aromatic rings. The first-order valence-electron chi connectivity index (χ1n) is 20.1. The van der Waals surface area contributed by atoms with Gasteiger partial charge in [-0.3, -0.25) is 19.2 Å². The minimum atomic E-state index is -0.549. The normalized spacial score (nSPS) is 16.4. The highest BCUT2D eigenvalue weighted by atomic mass is 16.5. The fraction of sp³-hybridized carbons (Fsp3) is 0.660. The van der Waals surface area contributed by atoms with Crippen molar-refractivity contribution >= 4 is 23.6 Å². The maximum Gasteiger partial charge on any atom is 0.314 e. The highest BCUT2D eigenvalue weighted by Gasteiger charge is 2.55. The summed E-state index contributed by atoms with van der Waals surface area (Å²) in [7, 11) is 0. The number of aliphatic hydroxyl groups is 1. The maximum absolute atomic E-state index is 14.2. The molecule has 0 aliphatic carbocycles. The van der Waals surface area contributed by atoms with Gasteiger partial charge in [-0.05, 0) is 82.4 Å². The lowest BCUT2D eigenvalue weighted by Crippen LogP contribution is -2.57. The van der Waals surface area contributed by atoms with Crippen molar-refractivity contribution < 1.29 is 33.8 Å². The Balaban J connectivity index is 1.96. The zero-order valence-corrected chi connectivity index (χ0v) is 36.4. The van der Waals surface area contributed by atoms with Crippen molar-refractivity contribution in [2.24, 2.45) is 44.3 Å². The van der Waals surface area contributed by atoms with Crippen LogP contribution in [0.1, 0.15) is 145 Å². The zero-order chi connectivity index (χ0) is 41.8. The molecule has 3 atom stereocenters. The van der Waals surface area contributed by atoms with Crippen LogP contribution in [0.4, 0.5) is 0 Å². The van der Waals surface area contributed by atoms with Crippen LogP contribution in [0.3, 0.4) is 0 Å². The number of benzene rings is 2. The van der Waals surface area contributed by atoms with E-state index in [2.05, 4.69) is 102 Å². The molecular weight excluding hydrogens is 691 g/mol. The summed E-state index contributed by atoms with van der Waals surface area (Å²) < 4.78 is 11.6. The van der Waals surface area contributed by atoms with Gasteiger partial charge in [0.05, 0.1) is 18.4 Å². The average molecular weight is 762 g/mol. The molecule has 1 aliphatic heterocycles. The van der Waals surface area contributed by atoms with Crippen LogP contribution in [0.5, 0.6) is 5.75 Å². The molecule has 2 aromatic carbocycles. The van der Waals surface area contributed by atoms with E-state index >= 15 is 0 Å². The second-order valence-electron chi connectivity index (χ2n) is 20.6. The molecule has 0 spiro atoms. The number of hydrogen-bond donors (Lipinski definition) is 1. The monoisotopic (exact) mass is 762 g/mol. The predicted molar refractivity (Wildman–Crippen MR) is 220 cm³/mol. The maximum atomic E-state index is 14.2. The minimum absolute atomic E-state index is 0.0429. The molecule has 0 bridgehead atoms. The lowest BCUT2D eigenvalue weighted by molar-refractivity contribution is -0.162. The van der Waals surface area contributed by atoms with E-state index in [9.17, 15) is 24.3 Å². The molecule has 3 rings (SSSR count). The molecule has 8 heteroatoms. The fourth-order valence-electron chi connectivity index (χ4n) is 8.05. The van der Waals surface area contributed by atoms with E-state index in [4.69, 9.17) is 9.47 Å². The molecule has 0 aromatic heterocycles. The number of carbonyl (C=O) groups excluding carboxylic acids is 4. The van der Waals surface area contributed by atoms with Crippen molar-refractivity contribution in [2.75, 3.05) is 19.8 Å². The molecule has 0 radical (unpaired) electrons. The molecule has 8 nitrogen and oxygen atoms in total. The lowest BCUT2D eigenvalue weighted by Gasteiger charge is -2.56. The quantitative estimate of drug-likeness (QED) is 0.0971. The van der Waals surface area contributed by atoms with Crippen molar-refractivity contribution in [3.8, 4) is 5.75 Å². The number of ketones is 1. The average Bonchev–Trinajstić information content (AvgIpc) is 3.51. The van der Waals surface area contributed by atoms with E-state index in [0.717, 1.165) is 6.42 Å². The molecule has 1 N–H and O–H groups in total. The van der Waals surface area contributed by atoms with Gasteiger partial charge in [0.25, 0.3) is 0 Å². The number of hydrogen-bond acceptors (Lipinski definition) is 7. The molecular formula is C47H71NO7. The zero-order valence-electron chi connectivity index (χ0n) is 36.4. The predicted octanol–water partition coefficient (Wildman–Crippen LogP) is 9.95. The van der Waals surface area contributed by atoms with Gasteiger partial charge < -0.3 is 19.5 Å². The molecule has 1 aliphatic rings. The summed E-state index contributed by atoms with van der Waals surface area (Å²) in [5.41, 5.74) is -1.43. The number of carbonyl (C=O) groups is 4. The van der Waals surface area contributed by atoms with Crippen LogP contribution in [0.2, 0.25) is 0 Å². The fourth-order valence-corrected chi connectivity index (χ4v) is 8.05. The molecule has 55 heavy (non-hydrogen) atoms. The molecule has 1 saturated heterocycles. The summed E-state index contributed by atoms with van der Waals surface area (Å²) in [5, 5.41) is 9.45. The van der Waals surface area contributed by atoms with E-state index in [1.165, 1.54) is 0 Å². The Labute approximate surface area is 332 Å². The molecule has 3 unspecified atom stereocenters. The molecule has 306 valence electrons. The summed E-state index contributed by atoms with van der Waals surface area (Å²) in [6, 6.07) is 15.6. The largest absolute Gasteiger partial charge is 0.463 e. The summed E-state index contributed by atoms with van der Waals surface area (Å²) in [6.07, 6.45) is 3.05. The second-order valence-corrected chi connectivity index (χ2v) is 20.6. The van der Waals surface area contributed by atoms with Gasteiger partial charge in [0.2, 0.25) is 5.91 Å². The van der Waals surface area contributed by atoms with E-state index in [1.807, 2.05) is 18.2 Å². The van der Waals surface area contributed by atoms with Crippen LogP contribution in [0, 0.1) is 44.3 Å². The van der Waals surface area contributed by atoms with Gasteiger partial charge in [-0.2, -0.15) is 0 Å². The summed E-state index contributed by atoms with van der Waals surface area (Å²) >= 11 is 0. The number of esters is 2. The van der Waals surface area contributed by atoms with Gasteiger partial charge in [-0.15, -0.1) is 0 Å². The Kier molecular flexibility index (Phi) is 14.4. The van der Waals surface area contributed by atoms with Crippen molar-refractivity contribution in [1.82, 2.24) is 4.90 Å². The van der Waals surface area contributed by atoms with Crippen molar-refractivity contribution in [1.29, 1.82) is 0 Å². The molecule has 1 heterocycles. The van der Waals surface area contributed by atoms with Crippen molar-refractivity contribution in [3.63, 3.8) is 0 Å².